The fourth-order valence-corrected chi connectivity index (χ4v) is 2.82. The Morgan fingerprint density at radius 3 is 2.86 bits per heavy atom. The minimum atomic E-state index is -0.295. The highest BCUT2D eigenvalue weighted by atomic mass is 32.1. The van der Waals surface area contributed by atoms with Gasteiger partial charge >= 0.3 is 5.97 Å². The standard InChI is InChI=1S/C13H18N4O3S/c1-8(2)16(7-12(19)20-4)6-10-15-17-11(18)5-9(3)14-13(17)21-10/h5,8H,6-7H2,1-4H3. The molecule has 114 valence electrons. The van der Waals surface area contributed by atoms with E-state index in [1.54, 1.807) is 6.92 Å². The van der Waals surface area contributed by atoms with Crippen molar-refractivity contribution in [3.8, 4) is 0 Å². The number of hydrogen-bond donors (Lipinski definition) is 0. The van der Waals surface area contributed by atoms with E-state index in [0.29, 0.717) is 17.2 Å². The van der Waals surface area contributed by atoms with Crippen molar-refractivity contribution in [1.82, 2.24) is 19.5 Å². The molecule has 0 bridgehead atoms. The average molecular weight is 310 g/mol. The molecule has 8 heteroatoms. The maximum Gasteiger partial charge on any atom is 0.319 e. The number of esters is 1. The Labute approximate surface area is 126 Å². The molecule has 0 saturated carbocycles. The van der Waals surface area contributed by atoms with Gasteiger partial charge in [-0.05, 0) is 20.8 Å². The molecule has 2 heterocycles. The highest BCUT2D eigenvalue weighted by Gasteiger charge is 2.17. The Balaban J connectivity index is 2.27. The van der Waals surface area contributed by atoms with Gasteiger partial charge in [0.15, 0.2) is 0 Å². The molecule has 0 unspecified atom stereocenters. The van der Waals surface area contributed by atoms with Crippen molar-refractivity contribution in [2.24, 2.45) is 0 Å². The van der Waals surface area contributed by atoms with E-state index in [-0.39, 0.29) is 24.1 Å². The molecule has 2 aromatic rings. The number of carbonyl (C=O) groups is 1. The summed E-state index contributed by atoms with van der Waals surface area (Å²) in [7, 11) is 1.37. The first kappa shape index (κ1) is 15.6. The van der Waals surface area contributed by atoms with E-state index >= 15 is 0 Å². The number of nitrogens with zero attached hydrogens (tertiary/aromatic N) is 4. The summed E-state index contributed by atoms with van der Waals surface area (Å²) < 4.78 is 5.99. The van der Waals surface area contributed by atoms with E-state index in [1.807, 2.05) is 18.7 Å². The van der Waals surface area contributed by atoms with Crippen molar-refractivity contribution in [3.63, 3.8) is 0 Å². The van der Waals surface area contributed by atoms with Crippen LogP contribution in [0.4, 0.5) is 0 Å². The van der Waals surface area contributed by atoms with Gasteiger partial charge in [-0.15, -0.1) is 0 Å². The third-order valence-electron chi connectivity index (χ3n) is 3.04. The summed E-state index contributed by atoms with van der Waals surface area (Å²) in [6.07, 6.45) is 0. The summed E-state index contributed by atoms with van der Waals surface area (Å²) in [6, 6.07) is 1.60. The van der Waals surface area contributed by atoms with Gasteiger partial charge in [0.2, 0.25) is 4.96 Å². The van der Waals surface area contributed by atoms with Crippen LogP contribution >= 0.6 is 11.3 Å². The van der Waals surface area contributed by atoms with Crippen LogP contribution in [0.3, 0.4) is 0 Å². The monoisotopic (exact) mass is 310 g/mol. The van der Waals surface area contributed by atoms with Gasteiger partial charge in [-0.2, -0.15) is 9.61 Å². The molecule has 2 rings (SSSR count). The lowest BCUT2D eigenvalue weighted by Crippen LogP contribution is -2.35. The molecule has 0 amide bonds. The number of fused-ring (bicyclic) bond motifs is 1. The molecule has 7 nitrogen and oxygen atoms in total. The zero-order valence-electron chi connectivity index (χ0n) is 12.5. The van der Waals surface area contributed by atoms with Crippen molar-refractivity contribution in [2.45, 2.75) is 33.4 Å². The van der Waals surface area contributed by atoms with Crippen LogP contribution in [0, 0.1) is 6.92 Å². The second kappa shape index (κ2) is 6.31. The number of ether oxygens (including phenoxy) is 1. The molecule has 2 aromatic heterocycles. The lowest BCUT2D eigenvalue weighted by atomic mass is 10.3. The van der Waals surface area contributed by atoms with Gasteiger partial charge in [0.25, 0.3) is 5.56 Å². The van der Waals surface area contributed by atoms with E-state index < -0.39 is 0 Å². The molecular formula is C13H18N4O3S. The highest BCUT2D eigenvalue weighted by molar-refractivity contribution is 7.16. The van der Waals surface area contributed by atoms with Crippen molar-refractivity contribution < 1.29 is 9.53 Å². The van der Waals surface area contributed by atoms with Crippen molar-refractivity contribution in [2.75, 3.05) is 13.7 Å². The van der Waals surface area contributed by atoms with Gasteiger partial charge in [0, 0.05) is 17.8 Å². The minimum Gasteiger partial charge on any atom is -0.468 e. The van der Waals surface area contributed by atoms with E-state index in [1.165, 1.54) is 29.0 Å². The summed E-state index contributed by atoms with van der Waals surface area (Å²) in [4.78, 5) is 30.1. The van der Waals surface area contributed by atoms with E-state index in [0.717, 1.165) is 5.01 Å². The molecular weight excluding hydrogens is 292 g/mol. The first-order valence-electron chi connectivity index (χ1n) is 6.58. The second-order valence-corrected chi connectivity index (χ2v) is 6.04. The van der Waals surface area contributed by atoms with Crippen molar-refractivity contribution >= 4 is 22.3 Å². The Bertz CT molecular complexity index is 707. The van der Waals surface area contributed by atoms with Gasteiger partial charge in [0.1, 0.15) is 5.01 Å². The van der Waals surface area contributed by atoms with Crippen LogP contribution in [0.15, 0.2) is 10.9 Å². The van der Waals surface area contributed by atoms with Gasteiger partial charge in [-0.3, -0.25) is 14.5 Å². The molecule has 0 aliphatic rings. The molecule has 21 heavy (non-hydrogen) atoms. The van der Waals surface area contributed by atoms with Crippen LogP contribution in [0.25, 0.3) is 4.96 Å². The van der Waals surface area contributed by atoms with E-state index in [9.17, 15) is 9.59 Å². The van der Waals surface area contributed by atoms with Gasteiger partial charge in [0.05, 0.1) is 20.2 Å². The number of rotatable bonds is 5. The summed E-state index contributed by atoms with van der Waals surface area (Å²) in [5.74, 6) is -0.295. The first-order chi connectivity index (χ1) is 9.90. The van der Waals surface area contributed by atoms with Gasteiger partial charge in [-0.25, -0.2) is 4.98 Å². The quantitative estimate of drug-likeness (QED) is 0.762. The Morgan fingerprint density at radius 2 is 2.24 bits per heavy atom. The zero-order valence-corrected chi connectivity index (χ0v) is 13.3. The average Bonchev–Trinajstić information content (AvgIpc) is 2.80. The van der Waals surface area contributed by atoms with Crippen LogP contribution in [0.1, 0.15) is 24.5 Å². The lowest BCUT2D eigenvalue weighted by Gasteiger charge is -2.23. The molecule has 0 atom stereocenters. The van der Waals surface area contributed by atoms with Crippen LogP contribution in [0.5, 0.6) is 0 Å². The topological polar surface area (TPSA) is 76.8 Å². The molecule has 0 radical (unpaired) electrons. The maximum atomic E-state index is 11.8. The summed E-state index contributed by atoms with van der Waals surface area (Å²) >= 11 is 1.35. The Hall–Kier alpha value is -1.80. The van der Waals surface area contributed by atoms with Gasteiger partial charge < -0.3 is 4.74 Å². The predicted octanol–water partition coefficient (Wildman–Crippen LogP) is 0.843. The van der Waals surface area contributed by atoms with Crippen molar-refractivity contribution in [1.29, 1.82) is 0 Å². The van der Waals surface area contributed by atoms with Crippen LogP contribution in [-0.4, -0.2) is 45.2 Å². The molecule has 0 fully saturated rings. The normalized spacial score (nSPS) is 11.5. The number of aryl methyl sites for hydroxylation is 1. The SMILES string of the molecule is COC(=O)CN(Cc1nn2c(=O)cc(C)nc2s1)C(C)C. The fraction of sp³-hybridized carbons (Fsp3) is 0.538. The highest BCUT2D eigenvalue weighted by Crippen LogP contribution is 2.15. The van der Waals surface area contributed by atoms with Gasteiger partial charge in [-0.1, -0.05) is 11.3 Å². The fourth-order valence-electron chi connectivity index (χ4n) is 1.85. The molecule has 0 N–H and O–H groups in total. The molecule has 0 spiro atoms. The summed E-state index contributed by atoms with van der Waals surface area (Å²) in [6.45, 7) is 6.42. The minimum absolute atomic E-state index is 0.155. The van der Waals surface area contributed by atoms with Crippen LogP contribution in [0.2, 0.25) is 0 Å². The van der Waals surface area contributed by atoms with Crippen molar-refractivity contribution in [3.05, 3.63) is 27.1 Å². The lowest BCUT2D eigenvalue weighted by molar-refractivity contribution is -0.142. The molecule has 0 saturated heterocycles. The third-order valence-corrected chi connectivity index (χ3v) is 3.94. The first-order valence-corrected chi connectivity index (χ1v) is 7.39. The Kier molecular flexibility index (Phi) is 4.69. The summed E-state index contributed by atoms with van der Waals surface area (Å²) in [5, 5.41) is 5.01. The van der Waals surface area contributed by atoms with Crippen LogP contribution < -0.4 is 5.56 Å². The van der Waals surface area contributed by atoms with E-state index in [4.69, 9.17) is 4.74 Å². The second-order valence-electron chi connectivity index (χ2n) is 5.00. The molecule has 0 aliphatic heterocycles. The number of aromatic nitrogens is 3. The van der Waals surface area contributed by atoms with Crippen LogP contribution in [-0.2, 0) is 16.1 Å². The summed E-state index contributed by atoms with van der Waals surface area (Å²) in [5.41, 5.74) is 0.481. The maximum absolute atomic E-state index is 11.8. The largest absolute Gasteiger partial charge is 0.468 e. The van der Waals surface area contributed by atoms with E-state index in [2.05, 4.69) is 10.1 Å². The molecule has 0 aliphatic carbocycles. The zero-order chi connectivity index (χ0) is 15.6. The smallest absolute Gasteiger partial charge is 0.319 e. The third kappa shape index (κ3) is 3.64. The Morgan fingerprint density at radius 1 is 1.52 bits per heavy atom. The molecule has 0 aromatic carbocycles. The number of methoxy groups -OCH3 is 1. The number of carbonyl (C=O) groups excluding carboxylic acids is 1. The number of hydrogen-bond acceptors (Lipinski definition) is 7. The predicted molar refractivity (Wildman–Crippen MR) is 79.4 cm³/mol.